The van der Waals surface area contributed by atoms with Gasteiger partial charge < -0.3 is 0 Å². The van der Waals surface area contributed by atoms with E-state index in [-0.39, 0.29) is 23.5 Å². The topological polar surface area (TPSA) is 84.0 Å². The van der Waals surface area contributed by atoms with Crippen LogP contribution < -0.4 is 0 Å². The Morgan fingerprint density at radius 1 is 1.60 bits per heavy atom. The van der Waals surface area contributed by atoms with Gasteiger partial charge in [-0.2, -0.15) is 5.26 Å². The Morgan fingerprint density at radius 2 is 2.27 bits per heavy atom. The van der Waals surface area contributed by atoms with Crippen LogP contribution >= 0.6 is 0 Å². The zero-order chi connectivity index (χ0) is 11.4. The molecule has 0 saturated heterocycles. The fraction of sp³-hybridized carbons (Fsp3) is 0.200. The van der Waals surface area contributed by atoms with Crippen molar-refractivity contribution in [1.82, 2.24) is 0 Å². The highest BCUT2D eigenvalue weighted by molar-refractivity contribution is 5.79. The first-order valence-corrected chi connectivity index (χ1v) is 4.21. The van der Waals surface area contributed by atoms with Crippen LogP contribution in [-0.2, 0) is 11.2 Å². The average molecular weight is 204 g/mol. The van der Waals surface area contributed by atoms with E-state index in [2.05, 4.69) is 0 Å². The molecule has 0 amide bonds. The summed E-state index contributed by atoms with van der Waals surface area (Å²) in [5, 5.41) is 19.2. The van der Waals surface area contributed by atoms with Gasteiger partial charge in [-0.05, 0) is 12.5 Å². The van der Waals surface area contributed by atoms with Crippen molar-refractivity contribution in [2.24, 2.45) is 0 Å². The van der Waals surface area contributed by atoms with E-state index in [4.69, 9.17) is 5.26 Å². The number of nitro benzene ring substituents is 1. The minimum atomic E-state index is -0.571. The van der Waals surface area contributed by atoms with E-state index in [1.807, 2.05) is 6.07 Å². The fourth-order valence-corrected chi connectivity index (χ4v) is 1.20. The number of ketones is 1. The number of carbonyl (C=O) groups is 1. The Balaban J connectivity index is 3.16. The molecule has 0 N–H and O–H groups in total. The smallest absolute Gasteiger partial charge is 0.270 e. The number of carbonyl (C=O) groups excluding carboxylic acids is 1. The largest absolute Gasteiger partial charge is 0.300 e. The van der Waals surface area contributed by atoms with Gasteiger partial charge in [0.1, 0.15) is 5.78 Å². The maximum atomic E-state index is 10.9. The summed E-state index contributed by atoms with van der Waals surface area (Å²) in [4.78, 5) is 20.7. The molecule has 0 aliphatic heterocycles. The van der Waals surface area contributed by atoms with Gasteiger partial charge >= 0.3 is 0 Å². The number of hydrogen-bond acceptors (Lipinski definition) is 4. The molecule has 1 aromatic rings. The number of non-ortho nitro benzene ring substituents is 1. The predicted octanol–water partition coefficient (Wildman–Crippen LogP) is 1.60. The lowest BCUT2D eigenvalue weighted by Crippen LogP contribution is -2.00. The van der Waals surface area contributed by atoms with Gasteiger partial charge in [-0.15, -0.1) is 0 Å². The second kappa shape index (κ2) is 4.33. The van der Waals surface area contributed by atoms with Gasteiger partial charge in [0, 0.05) is 18.6 Å². The molecule has 0 bridgehead atoms. The normalized spacial score (nSPS) is 9.33. The van der Waals surface area contributed by atoms with E-state index in [0.29, 0.717) is 5.56 Å². The second-order valence-corrected chi connectivity index (χ2v) is 3.09. The first kappa shape index (κ1) is 10.9. The Morgan fingerprint density at radius 3 is 2.73 bits per heavy atom. The molecule has 5 nitrogen and oxygen atoms in total. The molecule has 0 atom stereocenters. The van der Waals surface area contributed by atoms with Gasteiger partial charge in [-0.3, -0.25) is 14.9 Å². The third-order valence-electron chi connectivity index (χ3n) is 1.86. The lowest BCUT2D eigenvalue weighted by molar-refractivity contribution is -0.384. The van der Waals surface area contributed by atoms with E-state index in [1.165, 1.54) is 25.1 Å². The summed E-state index contributed by atoms with van der Waals surface area (Å²) >= 11 is 0. The van der Waals surface area contributed by atoms with Crippen LogP contribution in [0.3, 0.4) is 0 Å². The van der Waals surface area contributed by atoms with Crippen LogP contribution in [0, 0.1) is 21.4 Å². The molecular formula is C10H8N2O3. The van der Waals surface area contributed by atoms with Crippen molar-refractivity contribution in [3.8, 4) is 6.07 Å². The molecule has 15 heavy (non-hydrogen) atoms. The molecule has 1 aromatic carbocycles. The molecule has 0 aliphatic rings. The van der Waals surface area contributed by atoms with E-state index >= 15 is 0 Å². The first-order chi connectivity index (χ1) is 7.04. The van der Waals surface area contributed by atoms with E-state index in [0.717, 1.165) is 0 Å². The SMILES string of the molecule is CC(=O)Cc1ccc([N+](=O)[O-])cc1C#N. The number of nitro groups is 1. The van der Waals surface area contributed by atoms with E-state index in [1.54, 1.807) is 0 Å². The summed E-state index contributed by atoms with van der Waals surface area (Å²) in [6, 6.07) is 5.75. The minimum Gasteiger partial charge on any atom is -0.300 e. The van der Waals surface area contributed by atoms with Crippen LogP contribution in [0.1, 0.15) is 18.1 Å². The molecule has 1 rings (SSSR count). The molecule has 0 unspecified atom stereocenters. The van der Waals surface area contributed by atoms with Crippen molar-refractivity contribution in [3.63, 3.8) is 0 Å². The zero-order valence-electron chi connectivity index (χ0n) is 8.06. The molecule has 76 valence electrons. The summed E-state index contributed by atoms with van der Waals surface area (Å²) in [7, 11) is 0. The zero-order valence-corrected chi connectivity index (χ0v) is 8.06. The summed E-state index contributed by atoms with van der Waals surface area (Å²) in [6.45, 7) is 1.41. The fourth-order valence-electron chi connectivity index (χ4n) is 1.20. The molecule has 0 fully saturated rings. The third kappa shape index (κ3) is 2.61. The Bertz CT molecular complexity index is 460. The first-order valence-electron chi connectivity index (χ1n) is 4.21. The number of rotatable bonds is 3. The van der Waals surface area contributed by atoms with Crippen LogP contribution in [0.4, 0.5) is 5.69 Å². The molecule has 0 saturated carbocycles. The lowest BCUT2D eigenvalue weighted by Gasteiger charge is -2.00. The van der Waals surface area contributed by atoms with E-state index < -0.39 is 4.92 Å². The van der Waals surface area contributed by atoms with Crippen molar-refractivity contribution in [2.45, 2.75) is 13.3 Å². The Hall–Kier alpha value is -2.22. The van der Waals surface area contributed by atoms with Crippen LogP contribution in [0.2, 0.25) is 0 Å². The summed E-state index contributed by atoms with van der Waals surface area (Å²) in [5.74, 6) is -0.0830. The van der Waals surface area contributed by atoms with Gasteiger partial charge in [0.05, 0.1) is 16.6 Å². The number of nitrogens with zero attached hydrogens (tertiary/aromatic N) is 2. The second-order valence-electron chi connectivity index (χ2n) is 3.09. The van der Waals surface area contributed by atoms with Crippen molar-refractivity contribution in [2.75, 3.05) is 0 Å². The maximum Gasteiger partial charge on any atom is 0.270 e. The van der Waals surface area contributed by atoms with Crippen molar-refractivity contribution >= 4 is 11.5 Å². The van der Waals surface area contributed by atoms with Gasteiger partial charge in [-0.1, -0.05) is 6.07 Å². The minimum absolute atomic E-state index is 0.0830. The third-order valence-corrected chi connectivity index (χ3v) is 1.86. The maximum absolute atomic E-state index is 10.9. The van der Waals surface area contributed by atoms with E-state index in [9.17, 15) is 14.9 Å². The van der Waals surface area contributed by atoms with Gasteiger partial charge in [0.2, 0.25) is 0 Å². The number of Topliss-reactive ketones (excluding diaryl/α,β-unsaturated/α-hetero) is 1. The molecule has 5 heteroatoms. The standard InChI is InChI=1S/C10H8N2O3/c1-7(13)4-8-2-3-10(12(14)15)5-9(8)6-11/h2-3,5H,4H2,1H3. The summed E-state index contributed by atoms with van der Waals surface area (Å²) < 4.78 is 0. The molecule has 0 aliphatic carbocycles. The predicted molar refractivity (Wildman–Crippen MR) is 52.2 cm³/mol. The average Bonchev–Trinajstić information content (AvgIpc) is 2.17. The summed E-state index contributed by atoms with van der Waals surface area (Å²) in [5.41, 5.74) is 0.564. The Labute approximate surface area is 86.1 Å². The molecular weight excluding hydrogens is 196 g/mol. The highest BCUT2D eigenvalue weighted by Gasteiger charge is 2.11. The monoisotopic (exact) mass is 204 g/mol. The van der Waals surface area contributed by atoms with Crippen LogP contribution in [0.15, 0.2) is 18.2 Å². The molecule has 0 spiro atoms. The van der Waals surface area contributed by atoms with Crippen molar-refractivity contribution < 1.29 is 9.72 Å². The summed E-state index contributed by atoms with van der Waals surface area (Å²) in [6.07, 6.45) is 0.126. The molecule has 0 aromatic heterocycles. The highest BCUT2D eigenvalue weighted by Crippen LogP contribution is 2.17. The van der Waals surface area contributed by atoms with Crippen LogP contribution in [-0.4, -0.2) is 10.7 Å². The van der Waals surface area contributed by atoms with Gasteiger partial charge in [0.25, 0.3) is 5.69 Å². The van der Waals surface area contributed by atoms with Gasteiger partial charge in [0.15, 0.2) is 0 Å². The van der Waals surface area contributed by atoms with Crippen LogP contribution in [0.5, 0.6) is 0 Å². The number of hydrogen-bond donors (Lipinski definition) is 0. The molecule has 0 heterocycles. The molecule has 0 radical (unpaired) electrons. The number of nitriles is 1. The number of benzene rings is 1. The van der Waals surface area contributed by atoms with Gasteiger partial charge in [-0.25, -0.2) is 0 Å². The van der Waals surface area contributed by atoms with Crippen molar-refractivity contribution in [1.29, 1.82) is 5.26 Å². The Kier molecular flexibility index (Phi) is 3.13. The van der Waals surface area contributed by atoms with Crippen LogP contribution in [0.25, 0.3) is 0 Å². The highest BCUT2D eigenvalue weighted by atomic mass is 16.6. The quantitative estimate of drug-likeness (QED) is 0.552. The lowest BCUT2D eigenvalue weighted by atomic mass is 10.0. The van der Waals surface area contributed by atoms with Crippen molar-refractivity contribution in [3.05, 3.63) is 39.4 Å².